The number of nitrogens with one attached hydrogen (secondary N) is 2. The van der Waals surface area contributed by atoms with E-state index in [0.717, 1.165) is 9.13 Å². The van der Waals surface area contributed by atoms with Crippen LogP contribution in [-0.2, 0) is 21.2 Å². The van der Waals surface area contributed by atoms with Gasteiger partial charge in [0.05, 0.1) is 15.6 Å². The Hall–Kier alpha value is -1.94. The summed E-state index contributed by atoms with van der Waals surface area (Å²) < 4.78 is 29.1. The van der Waals surface area contributed by atoms with E-state index in [2.05, 4.69) is 32.6 Å². The third kappa shape index (κ3) is 6.02. The summed E-state index contributed by atoms with van der Waals surface area (Å²) in [6, 6.07) is 21.4. The van der Waals surface area contributed by atoms with E-state index < -0.39 is 22.0 Å². The van der Waals surface area contributed by atoms with Crippen LogP contribution in [0.4, 0.5) is 5.69 Å². The number of anilines is 1. The molecule has 150 valence electrons. The zero-order valence-electron chi connectivity index (χ0n) is 15.2. The number of amides is 1. The van der Waals surface area contributed by atoms with E-state index in [0.29, 0.717) is 10.7 Å². The van der Waals surface area contributed by atoms with E-state index in [-0.39, 0.29) is 11.3 Å². The Labute approximate surface area is 188 Å². The fourth-order valence-electron chi connectivity index (χ4n) is 2.69. The Morgan fingerprint density at radius 3 is 2.21 bits per heavy atom. The second kappa shape index (κ2) is 9.71. The molecule has 3 aromatic carbocycles. The first-order chi connectivity index (χ1) is 13.8. The molecule has 0 aliphatic rings. The summed E-state index contributed by atoms with van der Waals surface area (Å²) in [6.07, 6.45) is 0.195. The summed E-state index contributed by atoms with van der Waals surface area (Å²) in [7, 11) is -3.89. The molecule has 0 saturated heterocycles. The molecular formula is C21H18ClIN2O3S. The minimum atomic E-state index is -3.89. The van der Waals surface area contributed by atoms with Gasteiger partial charge >= 0.3 is 0 Å². The summed E-state index contributed by atoms with van der Waals surface area (Å²) in [5, 5.41) is 3.09. The number of carbonyl (C=O) groups excluding carboxylic acids is 1. The van der Waals surface area contributed by atoms with Crippen molar-refractivity contribution in [2.45, 2.75) is 17.4 Å². The monoisotopic (exact) mass is 540 g/mol. The van der Waals surface area contributed by atoms with Gasteiger partial charge in [-0.1, -0.05) is 54.1 Å². The van der Waals surface area contributed by atoms with Gasteiger partial charge in [-0.25, -0.2) is 8.42 Å². The lowest BCUT2D eigenvalue weighted by Gasteiger charge is -2.19. The Kier molecular flexibility index (Phi) is 7.28. The van der Waals surface area contributed by atoms with Crippen LogP contribution in [0.3, 0.4) is 0 Å². The minimum absolute atomic E-state index is 0.0986. The Balaban J connectivity index is 1.87. The zero-order valence-corrected chi connectivity index (χ0v) is 18.9. The highest BCUT2D eigenvalue weighted by Gasteiger charge is 2.26. The van der Waals surface area contributed by atoms with Gasteiger partial charge < -0.3 is 5.32 Å². The summed E-state index contributed by atoms with van der Waals surface area (Å²) in [6.45, 7) is 0. The van der Waals surface area contributed by atoms with Crippen molar-refractivity contribution in [3.05, 3.63) is 93.0 Å². The summed E-state index contributed by atoms with van der Waals surface area (Å²) >= 11 is 8.22. The molecule has 3 aromatic rings. The van der Waals surface area contributed by atoms with Crippen LogP contribution in [0.25, 0.3) is 0 Å². The zero-order chi connectivity index (χ0) is 20.9. The van der Waals surface area contributed by atoms with Crippen molar-refractivity contribution >= 4 is 55.8 Å². The summed E-state index contributed by atoms with van der Waals surface area (Å²) in [5.41, 5.74) is 1.25. The van der Waals surface area contributed by atoms with Crippen molar-refractivity contribution in [1.29, 1.82) is 0 Å². The molecule has 0 saturated carbocycles. The van der Waals surface area contributed by atoms with Crippen LogP contribution in [0.2, 0.25) is 5.02 Å². The van der Waals surface area contributed by atoms with E-state index in [1.165, 1.54) is 12.1 Å². The van der Waals surface area contributed by atoms with Crippen molar-refractivity contribution in [3.8, 4) is 0 Å². The molecule has 2 N–H and O–H groups in total. The maximum Gasteiger partial charge on any atom is 0.242 e. The third-order valence-corrected chi connectivity index (χ3v) is 6.69. The largest absolute Gasteiger partial charge is 0.323 e. The SMILES string of the molecule is O=C(Nc1ccccc1Cl)[C@H](Cc1ccccc1)NS(=O)(=O)c1ccc(I)cc1. The molecule has 0 radical (unpaired) electrons. The molecule has 0 bridgehead atoms. The van der Waals surface area contributed by atoms with E-state index >= 15 is 0 Å². The van der Waals surface area contributed by atoms with Gasteiger partial charge in [-0.3, -0.25) is 4.79 Å². The van der Waals surface area contributed by atoms with Crippen LogP contribution in [0.15, 0.2) is 83.8 Å². The molecule has 0 fully saturated rings. The molecular weight excluding hydrogens is 523 g/mol. The molecule has 1 amide bonds. The molecule has 5 nitrogen and oxygen atoms in total. The van der Waals surface area contributed by atoms with Gasteiger partial charge in [0.15, 0.2) is 0 Å². The Morgan fingerprint density at radius 1 is 0.931 bits per heavy atom. The Morgan fingerprint density at radius 2 is 1.55 bits per heavy atom. The molecule has 1 atom stereocenters. The van der Waals surface area contributed by atoms with Gasteiger partial charge in [-0.15, -0.1) is 0 Å². The number of carbonyl (C=O) groups is 1. The lowest BCUT2D eigenvalue weighted by Crippen LogP contribution is -2.45. The number of sulfonamides is 1. The summed E-state index contributed by atoms with van der Waals surface area (Å²) in [4.78, 5) is 13.0. The number of benzene rings is 3. The topological polar surface area (TPSA) is 75.3 Å². The van der Waals surface area contributed by atoms with Crippen molar-refractivity contribution in [2.75, 3.05) is 5.32 Å². The lowest BCUT2D eigenvalue weighted by atomic mass is 10.1. The van der Waals surface area contributed by atoms with Gasteiger partial charge in [-0.05, 0) is 71.0 Å². The van der Waals surface area contributed by atoms with Crippen LogP contribution >= 0.6 is 34.2 Å². The maximum atomic E-state index is 12.9. The number of rotatable bonds is 7. The summed E-state index contributed by atoms with van der Waals surface area (Å²) in [5.74, 6) is -0.490. The fourth-order valence-corrected chi connectivity index (χ4v) is 4.43. The molecule has 29 heavy (non-hydrogen) atoms. The number of para-hydroxylation sites is 1. The third-order valence-electron chi connectivity index (χ3n) is 4.15. The van der Waals surface area contributed by atoms with Gasteiger partial charge in [0.25, 0.3) is 0 Å². The lowest BCUT2D eigenvalue weighted by molar-refractivity contribution is -0.117. The predicted molar refractivity (Wildman–Crippen MR) is 123 cm³/mol. The molecule has 0 aliphatic carbocycles. The van der Waals surface area contributed by atoms with Gasteiger partial charge in [0.1, 0.15) is 6.04 Å². The van der Waals surface area contributed by atoms with Crippen molar-refractivity contribution in [1.82, 2.24) is 4.72 Å². The predicted octanol–water partition coefficient (Wildman–Crippen LogP) is 4.47. The van der Waals surface area contributed by atoms with Gasteiger partial charge in [0.2, 0.25) is 15.9 Å². The normalized spacial score (nSPS) is 12.3. The van der Waals surface area contributed by atoms with Crippen LogP contribution in [-0.4, -0.2) is 20.4 Å². The smallest absolute Gasteiger partial charge is 0.242 e. The molecule has 0 spiro atoms. The first-order valence-electron chi connectivity index (χ1n) is 8.72. The molecule has 0 aliphatic heterocycles. The number of hydrogen-bond donors (Lipinski definition) is 2. The highest BCUT2D eigenvalue weighted by Crippen LogP contribution is 2.21. The number of halogens is 2. The second-order valence-electron chi connectivity index (χ2n) is 6.29. The first kappa shape index (κ1) is 21.8. The molecule has 0 unspecified atom stereocenters. The highest BCUT2D eigenvalue weighted by molar-refractivity contribution is 14.1. The van der Waals surface area contributed by atoms with E-state index in [9.17, 15) is 13.2 Å². The quantitative estimate of drug-likeness (QED) is 0.434. The van der Waals surface area contributed by atoms with Crippen LogP contribution in [0, 0.1) is 3.57 Å². The maximum absolute atomic E-state index is 12.9. The highest BCUT2D eigenvalue weighted by atomic mass is 127. The van der Waals surface area contributed by atoms with E-state index in [1.54, 1.807) is 36.4 Å². The second-order valence-corrected chi connectivity index (χ2v) is 9.65. The van der Waals surface area contributed by atoms with Crippen LogP contribution < -0.4 is 10.0 Å². The van der Waals surface area contributed by atoms with E-state index in [1.807, 2.05) is 30.3 Å². The first-order valence-corrected chi connectivity index (χ1v) is 11.7. The van der Waals surface area contributed by atoms with Gasteiger partial charge in [0, 0.05) is 3.57 Å². The molecule has 3 rings (SSSR count). The van der Waals surface area contributed by atoms with E-state index in [4.69, 9.17) is 11.6 Å². The van der Waals surface area contributed by atoms with Crippen molar-refractivity contribution in [2.24, 2.45) is 0 Å². The number of hydrogen-bond acceptors (Lipinski definition) is 3. The average Bonchev–Trinajstić information content (AvgIpc) is 2.70. The Bertz CT molecular complexity index is 1090. The van der Waals surface area contributed by atoms with Crippen LogP contribution in [0.1, 0.15) is 5.56 Å². The standard InChI is InChI=1S/C21H18ClIN2O3S/c22-18-8-4-5-9-19(18)24-21(26)20(14-15-6-2-1-3-7-15)25-29(27,28)17-12-10-16(23)11-13-17/h1-13,20,25H,14H2,(H,24,26)/t20-/m0/s1. The van der Waals surface area contributed by atoms with Gasteiger partial charge in [-0.2, -0.15) is 4.72 Å². The average molecular weight is 541 g/mol. The van der Waals surface area contributed by atoms with Crippen LogP contribution in [0.5, 0.6) is 0 Å². The minimum Gasteiger partial charge on any atom is -0.323 e. The molecule has 8 heteroatoms. The van der Waals surface area contributed by atoms with Crippen molar-refractivity contribution in [3.63, 3.8) is 0 Å². The molecule has 0 heterocycles. The molecule has 0 aromatic heterocycles. The van der Waals surface area contributed by atoms with Crippen molar-refractivity contribution < 1.29 is 13.2 Å². The fraction of sp³-hybridized carbons (Fsp3) is 0.0952.